The van der Waals surface area contributed by atoms with E-state index in [9.17, 15) is 9.59 Å². The average molecular weight is 491 g/mol. The first-order valence-electron chi connectivity index (χ1n) is 12.6. The molecule has 36 heavy (non-hydrogen) atoms. The number of carbonyl (C=O) groups is 2. The van der Waals surface area contributed by atoms with E-state index in [0.717, 1.165) is 37.3 Å². The fourth-order valence-corrected chi connectivity index (χ4v) is 4.20. The molecule has 1 aliphatic carbocycles. The molecule has 2 amide bonds. The van der Waals surface area contributed by atoms with Gasteiger partial charge in [-0.1, -0.05) is 32.1 Å². The third-order valence-electron chi connectivity index (χ3n) is 6.37. The van der Waals surface area contributed by atoms with E-state index in [1.54, 1.807) is 31.4 Å². The summed E-state index contributed by atoms with van der Waals surface area (Å²) in [5.74, 6) is 0.514. The number of allylic oxidation sites excluding steroid dienone is 2. The molecule has 0 fully saturated rings. The molecular weight excluding hydrogens is 452 g/mol. The van der Waals surface area contributed by atoms with Crippen LogP contribution in [0.5, 0.6) is 5.75 Å². The molecule has 0 aliphatic heterocycles. The summed E-state index contributed by atoms with van der Waals surface area (Å²) in [6.07, 6.45) is 7.42. The molecule has 7 nitrogen and oxygen atoms in total. The minimum absolute atomic E-state index is 0.0106. The summed E-state index contributed by atoms with van der Waals surface area (Å²) in [5.41, 5.74) is 2.54. The third kappa shape index (κ3) is 7.71. The van der Waals surface area contributed by atoms with Crippen LogP contribution in [-0.2, 0) is 4.79 Å². The van der Waals surface area contributed by atoms with Crippen LogP contribution in [0.25, 0.3) is 0 Å². The number of hydrogen-bond acceptors (Lipinski definition) is 5. The summed E-state index contributed by atoms with van der Waals surface area (Å²) in [5, 5.41) is 9.49. The molecule has 2 aromatic rings. The second kappa shape index (κ2) is 12.9. The molecule has 0 heterocycles. The topological polar surface area (TPSA) is 82.7 Å². The number of benzene rings is 2. The Hall–Kier alpha value is -3.58. The highest BCUT2D eigenvalue weighted by Gasteiger charge is 2.27. The molecule has 0 spiro atoms. The van der Waals surface area contributed by atoms with Crippen molar-refractivity contribution in [1.82, 2.24) is 10.2 Å². The SMILES string of the molecule is CCN(CC)CCCNC(=O)C1=CC=CC(C)(Nc2ccc(NC(=O)c3ccc(OC)cc3)cc2)C1. The molecule has 1 atom stereocenters. The predicted molar refractivity (Wildman–Crippen MR) is 147 cm³/mol. The van der Waals surface area contributed by atoms with Crippen molar-refractivity contribution in [3.05, 3.63) is 77.9 Å². The number of methoxy groups -OCH3 is 1. The number of hydrogen-bond donors (Lipinski definition) is 3. The van der Waals surface area contributed by atoms with E-state index in [4.69, 9.17) is 4.74 Å². The molecule has 3 rings (SSSR count). The smallest absolute Gasteiger partial charge is 0.255 e. The second-order valence-electron chi connectivity index (χ2n) is 9.17. The van der Waals surface area contributed by atoms with Crippen molar-refractivity contribution in [3.8, 4) is 5.75 Å². The Kier molecular flexibility index (Phi) is 9.70. The van der Waals surface area contributed by atoms with Crippen molar-refractivity contribution in [2.75, 3.05) is 43.9 Å². The van der Waals surface area contributed by atoms with Crippen molar-refractivity contribution in [2.24, 2.45) is 0 Å². The minimum atomic E-state index is -0.392. The van der Waals surface area contributed by atoms with Gasteiger partial charge < -0.3 is 25.6 Å². The Bertz CT molecular complexity index is 1070. The van der Waals surface area contributed by atoms with Gasteiger partial charge in [-0.3, -0.25) is 9.59 Å². The molecule has 2 aromatic carbocycles. The Balaban J connectivity index is 1.51. The molecule has 0 saturated heterocycles. The quantitative estimate of drug-likeness (QED) is 0.371. The van der Waals surface area contributed by atoms with Gasteiger partial charge in [-0.25, -0.2) is 0 Å². The van der Waals surface area contributed by atoms with Crippen LogP contribution in [0.3, 0.4) is 0 Å². The number of ether oxygens (including phenoxy) is 1. The maximum atomic E-state index is 12.7. The standard InChI is InChI=1S/C29H38N4O3/c1-5-33(6-2)20-8-19-30-27(34)23-9-7-18-29(3,21-23)32-25-14-12-24(13-15-25)31-28(35)22-10-16-26(36-4)17-11-22/h7,9-18,32H,5-6,8,19-21H2,1-4H3,(H,30,34)(H,31,35). The van der Waals surface area contributed by atoms with Crippen LogP contribution >= 0.6 is 0 Å². The Morgan fingerprint density at radius 1 is 0.972 bits per heavy atom. The molecular formula is C29H38N4O3. The average Bonchev–Trinajstić information content (AvgIpc) is 2.89. The normalized spacial score (nSPS) is 16.9. The van der Waals surface area contributed by atoms with Crippen LogP contribution < -0.4 is 20.7 Å². The zero-order valence-electron chi connectivity index (χ0n) is 21.8. The first-order valence-corrected chi connectivity index (χ1v) is 12.6. The summed E-state index contributed by atoms with van der Waals surface area (Å²) < 4.78 is 5.14. The summed E-state index contributed by atoms with van der Waals surface area (Å²) in [6, 6.07) is 14.5. The third-order valence-corrected chi connectivity index (χ3v) is 6.37. The van der Waals surface area contributed by atoms with Crippen molar-refractivity contribution in [1.29, 1.82) is 0 Å². The lowest BCUT2D eigenvalue weighted by Crippen LogP contribution is -2.38. The fraction of sp³-hybridized carbons (Fsp3) is 0.379. The number of anilines is 2. The highest BCUT2D eigenvalue weighted by molar-refractivity contribution is 6.04. The van der Waals surface area contributed by atoms with Crippen LogP contribution in [0.4, 0.5) is 11.4 Å². The van der Waals surface area contributed by atoms with E-state index < -0.39 is 5.54 Å². The lowest BCUT2D eigenvalue weighted by atomic mass is 9.87. The molecule has 1 aliphatic rings. The Morgan fingerprint density at radius 3 is 2.28 bits per heavy atom. The van der Waals surface area contributed by atoms with Gasteiger partial charge in [0, 0.05) is 35.5 Å². The van der Waals surface area contributed by atoms with Gasteiger partial charge in [0.1, 0.15) is 5.75 Å². The maximum Gasteiger partial charge on any atom is 0.255 e. The van der Waals surface area contributed by atoms with Crippen molar-refractivity contribution in [2.45, 2.75) is 39.2 Å². The van der Waals surface area contributed by atoms with Gasteiger partial charge in [-0.2, -0.15) is 0 Å². The molecule has 0 aromatic heterocycles. The van der Waals surface area contributed by atoms with E-state index >= 15 is 0 Å². The highest BCUT2D eigenvalue weighted by Crippen LogP contribution is 2.28. The molecule has 192 valence electrons. The first-order chi connectivity index (χ1) is 17.4. The van der Waals surface area contributed by atoms with Gasteiger partial charge >= 0.3 is 0 Å². The number of nitrogens with zero attached hydrogens (tertiary/aromatic N) is 1. The zero-order valence-corrected chi connectivity index (χ0v) is 21.8. The van der Waals surface area contributed by atoms with Gasteiger partial charge in [0.2, 0.25) is 5.91 Å². The van der Waals surface area contributed by atoms with Crippen molar-refractivity contribution < 1.29 is 14.3 Å². The molecule has 3 N–H and O–H groups in total. The van der Waals surface area contributed by atoms with E-state index in [2.05, 4.69) is 47.7 Å². The molecule has 7 heteroatoms. The van der Waals surface area contributed by atoms with Gasteiger partial charge in [0.15, 0.2) is 0 Å². The fourth-order valence-electron chi connectivity index (χ4n) is 4.20. The highest BCUT2D eigenvalue weighted by atomic mass is 16.5. The van der Waals surface area contributed by atoms with Crippen LogP contribution in [0.2, 0.25) is 0 Å². The van der Waals surface area contributed by atoms with Crippen LogP contribution in [-0.4, -0.2) is 55.5 Å². The van der Waals surface area contributed by atoms with Crippen molar-refractivity contribution >= 4 is 23.2 Å². The number of rotatable bonds is 12. The van der Waals surface area contributed by atoms with Crippen LogP contribution in [0.1, 0.15) is 44.0 Å². The summed E-state index contributed by atoms with van der Waals surface area (Å²) in [7, 11) is 1.59. The molecule has 1 unspecified atom stereocenters. The van der Waals surface area contributed by atoms with Gasteiger partial charge in [0.05, 0.1) is 12.6 Å². The number of amides is 2. The largest absolute Gasteiger partial charge is 0.497 e. The lowest BCUT2D eigenvalue weighted by molar-refractivity contribution is -0.117. The van der Waals surface area contributed by atoms with Gasteiger partial charge in [-0.05, 0) is 81.5 Å². The van der Waals surface area contributed by atoms with E-state index in [1.165, 1.54) is 0 Å². The molecule has 0 radical (unpaired) electrons. The molecule has 0 saturated carbocycles. The number of carbonyl (C=O) groups excluding carboxylic acids is 2. The van der Waals surface area contributed by atoms with Crippen molar-refractivity contribution in [3.63, 3.8) is 0 Å². The maximum absolute atomic E-state index is 12.7. The van der Waals surface area contributed by atoms with Crippen LogP contribution in [0, 0.1) is 0 Å². The minimum Gasteiger partial charge on any atom is -0.497 e. The van der Waals surface area contributed by atoms with E-state index in [1.807, 2.05) is 36.4 Å². The molecule has 0 bridgehead atoms. The summed E-state index contributed by atoms with van der Waals surface area (Å²) >= 11 is 0. The zero-order chi connectivity index (χ0) is 26.0. The Morgan fingerprint density at radius 2 is 1.64 bits per heavy atom. The van der Waals surface area contributed by atoms with Gasteiger partial charge in [0.25, 0.3) is 5.91 Å². The van der Waals surface area contributed by atoms with E-state index in [-0.39, 0.29) is 11.8 Å². The predicted octanol–water partition coefficient (Wildman–Crippen LogP) is 4.85. The van der Waals surface area contributed by atoms with E-state index in [0.29, 0.717) is 30.0 Å². The monoisotopic (exact) mass is 490 g/mol. The number of nitrogens with one attached hydrogen (secondary N) is 3. The first kappa shape index (κ1) is 27.0. The lowest BCUT2D eigenvalue weighted by Gasteiger charge is -2.32. The Labute approximate surface area is 214 Å². The van der Waals surface area contributed by atoms with Gasteiger partial charge in [-0.15, -0.1) is 0 Å². The second-order valence-corrected chi connectivity index (χ2v) is 9.17. The summed E-state index contributed by atoms with van der Waals surface area (Å²) in [4.78, 5) is 27.6. The van der Waals surface area contributed by atoms with Crippen LogP contribution in [0.15, 0.2) is 72.3 Å². The summed E-state index contributed by atoms with van der Waals surface area (Å²) in [6.45, 7) is 10.1.